The second kappa shape index (κ2) is 7.87. The third-order valence-electron chi connectivity index (χ3n) is 5.29. The van der Waals surface area contributed by atoms with Crippen molar-refractivity contribution in [2.75, 3.05) is 25.5 Å². The Hall–Kier alpha value is -2.10. The molecule has 0 aromatic carbocycles. The molecule has 0 radical (unpaired) electrons. The Bertz CT molecular complexity index is 681. The quantitative estimate of drug-likeness (QED) is 0.754. The van der Waals surface area contributed by atoms with Gasteiger partial charge in [-0.25, -0.2) is 4.98 Å². The van der Waals surface area contributed by atoms with Gasteiger partial charge in [0.15, 0.2) is 17.1 Å². The van der Waals surface area contributed by atoms with Crippen LogP contribution in [0.3, 0.4) is 0 Å². The van der Waals surface area contributed by atoms with Gasteiger partial charge in [0.25, 0.3) is 5.91 Å². The molecule has 1 aliphatic rings. The van der Waals surface area contributed by atoms with Crippen LogP contribution in [0, 0.1) is 5.92 Å². The van der Waals surface area contributed by atoms with Crippen molar-refractivity contribution in [3.8, 4) is 0 Å². The second-order valence-electron chi connectivity index (χ2n) is 7.23. The molecule has 27 heavy (non-hydrogen) atoms. The Labute approximate surface area is 155 Å². The SMILES string of the molecule is CN(CCC1CCC(O)(C(F)(F)F)CC1)C(=O)c1c(N(C)C=O)ncn1C. The summed E-state index contributed by atoms with van der Waals surface area (Å²) in [6.45, 7) is 0.364. The molecule has 0 saturated heterocycles. The first-order valence-corrected chi connectivity index (χ1v) is 8.74. The van der Waals surface area contributed by atoms with Crippen molar-refractivity contribution >= 4 is 18.1 Å². The summed E-state index contributed by atoms with van der Waals surface area (Å²) in [7, 11) is 4.75. The number of alkyl halides is 3. The molecule has 152 valence electrons. The van der Waals surface area contributed by atoms with Crippen molar-refractivity contribution in [1.82, 2.24) is 14.5 Å². The molecule has 1 fully saturated rings. The van der Waals surface area contributed by atoms with Gasteiger partial charge in [0, 0.05) is 27.7 Å². The average Bonchev–Trinajstić information content (AvgIpc) is 3.00. The van der Waals surface area contributed by atoms with Crippen LogP contribution in [0.5, 0.6) is 0 Å². The number of halogens is 3. The van der Waals surface area contributed by atoms with Gasteiger partial charge < -0.3 is 19.5 Å². The van der Waals surface area contributed by atoms with Crippen LogP contribution in [0.4, 0.5) is 19.0 Å². The number of imidazole rings is 1. The number of nitrogens with zero attached hydrogens (tertiary/aromatic N) is 4. The highest BCUT2D eigenvalue weighted by Gasteiger charge is 2.54. The Balaban J connectivity index is 1.94. The van der Waals surface area contributed by atoms with Crippen molar-refractivity contribution in [1.29, 1.82) is 0 Å². The number of carbonyl (C=O) groups is 2. The summed E-state index contributed by atoms with van der Waals surface area (Å²) in [4.78, 5) is 30.4. The molecule has 1 saturated carbocycles. The van der Waals surface area contributed by atoms with Gasteiger partial charge in [-0.05, 0) is 38.0 Å². The maximum absolute atomic E-state index is 12.9. The lowest BCUT2D eigenvalue weighted by Crippen LogP contribution is -2.47. The zero-order valence-electron chi connectivity index (χ0n) is 15.7. The number of aromatic nitrogens is 2. The maximum Gasteiger partial charge on any atom is 0.417 e. The third-order valence-corrected chi connectivity index (χ3v) is 5.29. The summed E-state index contributed by atoms with van der Waals surface area (Å²) in [6, 6.07) is 0. The smallest absolute Gasteiger partial charge is 0.380 e. The Morgan fingerprint density at radius 1 is 1.41 bits per heavy atom. The van der Waals surface area contributed by atoms with E-state index >= 15 is 0 Å². The van der Waals surface area contributed by atoms with E-state index < -0.39 is 11.8 Å². The molecular formula is C17H25F3N4O3. The highest BCUT2D eigenvalue weighted by Crippen LogP contribution is 2.43. The second-order valence-corrected chi connectivity index (χ2v) is 7.23. The number of aliphatic hydroxyl groups is 1. The highest BCUT2D eigenvalue weighted by molar-refractivity contribution is 5.99. The van der Waals surface area contributed by atoms with Gasteiger partial charge in [-0.15, -0.1) is 0 Å². The lowest BCUT2D eigenvalue weighted by molar-refractivity contribution is -0.272. The predicted molar refractivity (Wildman–Crippen MR) is 92.2 cm³/mol. The fourth-order valence-corrected chi connectivity index (χ4v) is 3.36. The van der Waals surface area contributed by atoms with Gasteiger partial charge >= 0.3 is 6.18 Å². The van der Waals surface area contributed by atoms with Crippen molar-refractivity contribution in [2.45, 2.75) is 43.9 Å². The number of amides is 2. The maximum atomic E-state index is 12.9. The monoisotopic (exact) mass is 390 g/mol. The number of anilines is 1. The lowest BCUT2D eigenvalue weighted by Gasteiger charge is -2.37. The van der Waals surface area contributed by atoms with Crippen LogP contribution in [-0.2, 0) is 11.8 Å². The van der Waals surface area contributed by atoms with Crippen LogP contribution < -0.4 is 4.90 Å². The van der Waals surface area contributed by atoms with Crippen molar-refractivity contribution in [3.63, 3.8) is 0 Å². The third kappa shape index (κ3) is 4.42. The normalized spacial score (nSPS) is 23.1. The molecule has 2 rings (SSSR count). The van der Waals surface area contributed by atoms with Gasteiger partial charge in [-0.1, -0.05) is 0 Å². The minimum atomic E-state index is -4.61. The molecule has 1 aromatic heterocycles. The van der Waals surface area contributed by atoms with E-state index in [-0.39, 0.29) is 49.0 Å². The molecule has 0 atom stereocenters. The van der Waals surface area contributed by atoms with Crippen LogP contribution in [0.15, 0.2) is 6.33 Å². The van der Waals surface area contributed by atoms with E-state index in [0.29, 0.717) is 19.4 Å². The largest absolute Gasteiger partial charge is 0.417 e. The molecule has 0 aliphatic heterocycles. The molecule has 10 heteroatoms. The van der Waals surface area contributed by atoms with Crippen LogP contribution >= 0.6 is 0 Å². The molecule has 0 spiro atoms. The van der Waals surface area contributed by atoms with Crippen LogP contribution in [0.2, 0.25) is 0 Å². The molecule has 1 N–H and O–H groups in total. The summed E-state index contributed by atoms with van der Waals surface area (Å²) in [5, 5.41) is 9.72. The summed E-state index contributed by atoms with van der Waals surface area (Å²) < 4.78 is 40.1. The number of rotatable bonds is 6. The Morgan fingerprint density at radius 2 is 2.00 bits per heavy atom. The number of hydrogen-bond donors (Lipinski definition) is 1. The molecule has 2 amide bonds. The summed E-state index contributed by atoms with van der Waals surface area (Å²) >= 11 is 0. The topological polar surface area (TPSA) is 78.7 Å². The van der Waals surface area contributed by atoms with E-state index in [1.807, 2.05) is 0 Å². The van der Waals surface area contributed by atoms with Gasteiger partial charge in [0.05, 0.1) is 6.33 Å². The van der Waals surface area contributed by atoms with Gasteiger partial charge in [0.1, 0.15) is 0 Å². The van der Waals surface area contributed by atoms with E-state index in [4.69, 9.17) is 0 Å². The van der Waals surface area contributed by atoms with E-state index in [9.17, 15) is 27.9 Å². The zero-order chi connectivity index (χ0) is 20.4. The van der Waals surface area contributed by atoms with Crippen molar-refractivity contribution in [3.05, 3.63) is 12.0 Å². The zero-order valence-corrected chi connectivity index (χ0v) is 15.7. The molecule has 0 bridgehead atoms. The van der Waals surface area contributed by atoms with Crippen LogP contribution in [0.25, 0.3) is 0 Å². The molecule has 7 nitrogen and oxygen atoms in total. The summed E-state index contributed by atoms with van der Waals surface area (Å²) in [5.74, 6) is -0.0508. The number of aryl methyl sites for hydroxylation is 1. The Kier molecular flexibility index (Phi) is 6.18. The molecule has 1 aliphatic carbocycles. The van der Waals surface area contributed by atoms with Crippen molar-refractivity contribution < 1.29 is 27.9 Å². The fraction of sp³-hybridized carbons (Fsp3) is 0.706. The minimum absolute atomic E-state index is 0.0199. The van der Waals surface area contributed by atoms with Crippen LogP contribution in [0.1, 0.15) is 42.6 Å². The van der Waals surface area contributed by atoms with E-state index in [2.05, 4.69) is 4.98 Å². The van der Waals surface area contributed by atoms with Crippen LogP contribution in [-0.4, -0.2) is 64.3 Å². The number of carbonyl (C=O) groups excluding carboxylic acids is 2. The number of hydrogen-bond acceptors (Lipinski definition) is 4. The summed E-state index contributed by atoms with van der Waals surface area (Å²) in [5.41, 5.74) is -2.32. The van der Waals surface area contributed by atoms with E-state index in [0.717, 1.165) is 0 Å². The fourth-order valence-electron chi connectivity index (χ4n) is 3.36. The molecule has 1 heterocycles. The predicted octanol–water partition coefficient (Wildman–Crippen LogP) is 1.96. The molecular weight excluding hydrogens is 365 g/mol. The Morgan fingerprint density at radius 3 is 2.52 bits per heavy atom. The summed E-state index contributed by atoms with van der Waals surface area (Å²) in [6.07, 6.45) is -2.15. The van der Waals surface area contributed by atoms with Gasteiger partial charge in [-0.2, -0.15) is 13.2 Å². The standard InChI is InChI=1S/C17H25F3N4O3/c1-22(15(26)13-14(24(3)11-25)21-10-23(13)2)9-6-12-4-7-16(27,8-5-12)17(18,19)20/h10-12,27H,4-9H2,1-3H3. The van der Waals surface area contributed by atoms with E-state index in [1.165, 1.54) is 27.7 Å². The van der Waals surface area contributed by atoms with Crippen molar-refractivity contribution in [2.24, 2.45) is 13.0 Å². The first-order chi connectivity index (χ1) is 12.5. The first-order valence-electron chi connectivity index (χ1n) is 8.74. The van der Waals surface area contributed by atoms with E-state index in [1.54, 1.807) is 14.1 Å². The minimum Gasteiger partial charge on any atom is -0.380 e. The average molecular weight is 390 g/mol. The van der Waals surface area contributed by atoms with Gasteiger partial charge in [-0.3, -0.25) is 9.59 Å². The highest BCUT2D eigenvalue weighted by atomic mass is 19.4. The molecule has 1 aromatic rings. The molecule has 0 unspecified atom stereocenters. The van der Waals surface area contributed by atoms with Gasteiger partial charge in [0.2, 0.25) is 6.41 Å². The lowest BCUT2D eigenvalue weighted by atomic mass is 9.77. The first kappa shape index (κ1) is 21.2.